The summed E-state index contributed by atoms with van der Waals surface area (Å²) in [5.41, 5.74) is 2.02. The first-order valence-electron chi connectivity index (χ1n) is 7.93. The molecule has 0 spiro atoms. The zero-order valence-electron chi connectivity index (χ0n) is 12.8. The number of carbonyl (C=O) groups is 1. The van der Waals surface area contributed by atoms with E-state index in [4.69, 9.17) is 5.11 Å². The Morgan fingerprint density at radius 3 is 2.57 bits per heavy atom. The number of piperidine rings is 1. The van der Waals surface area contributed by atoms with Crippen molar-refractivity contribution in [3.05, 3.63) is 35.4 Å². The van der Waals surface area contributed by atoms with Gasteiger partial charge in [0.05, 0.1) is 6.42 Å². The standard InChI is InChI=1S/C17H26N2O2/c1-2-9-19-10-7-16(8-11-19)18-13-15-6-4-3-5-14(15)12-17(20)21/h3-6,16,18H,2,7-13H2,1H3,(H,20,21). The molecule has 116 valence electrons. The first-order valence-corrected chi connectivity index (χ1v) is 7.93. The highest BCUT2D eigenvalue weighted by Gasteiger charge is 2.18. The van der Waals surface area contributed by atoms with E-state index in [-0.39, 0.29) is 6.42 Å². The van der Waals surface area contributed by atoms with Crippen molar-refractivity contribution in [1.82, 2.24) is 10.2 Å². The topological polar surface area (TPSA) is 52.6 Å². The maximum atomic E-state index is 10.9. The van der Waals surface area contributed by atoms with Crippen molar-refractivity contribution in [3.63, 3.8) is 0 Å². The second-order valence-electron chi connectivity index (χ2n) is 5.84. The Morgan fingerprint density at radius 2 is 1.95 bits per heavy atom. The third-order valence-electron chi connectivity index (χ3n) is 4.17. The Morgan fingerprint density at radius 1 is 1.29 bits per heavy atom. The van der Waals surface area contributed by atoms with Crippen molar-refractivity contribution < 1.29 is 9.90 Å². The largest absolute Gasteiger partial charge is 0.481 e. The van der Waals surface area contributed by atoms with Crippen LogP contribution in [0.15, 0.2) is 24.3 Å². The van der Waals surface area contributed by atoms with Gasteiger partial charge in [0.1, 0.15) is 0 Å². The number of hydrogen-bond donors (Lipinski definition) is 2. The molecule has 2 rings (SSSR count). The highest BCUT2D eigenvalue weighted by Crippen LogP contribution is 2.14. The summed E-state index contributed by atoms with van der Waals surface area (Å²) in [5.74, 6) is -0.768. The number of carboxylic acids is 1. The van der Waals surface area contributed by atoms with Gasteiger partial charge >= 0.3 is 5.97 Å². The molecule has 21 heavy (non-hydrogen) atoms. The fourth-order valence-electron chi connectivity index (χ4n) is 3.00. The number of hydrogen-bond acceptors (Lipinski definition) is 3. The Balaban J connectivity index is 1.82. The maximum absolute atomic E-state index is 10.9. The summed E-state index contributed by atoms with van der Waals surface area (Å²) in [6.07, 6.45) is 3.69. The first-order chi connectivity index (χ1) is 10.2. The normalized spacial score (nSPS) is 17.0. The van der Waals surface area contributed by atoms with E-state index in [0.717, 1.165) is 17.7 Å². The fraction of sp³-hybridized carbons (Fsp3) is 0.588. The minimum absolute atomic E-state index is 0.104. The zero-order chi connectivity index (χ0) is 15.1. The molecule has 1 aliphatic heterocycles. The molecule has 1 aromatic carbocycles. The molecule has 0 amide bonds. The van der Waals surface area contributed by atoms with Crippen LogP contribution in [0.3, 0.4) is 0 Å². The molecule has 0 aromatic heterocycles. The van der Waals surface area contributed by atoms with Crippen LogP contribution in [0.5, 0.6) is 0 Å². The molecule has 0 aliphatic carbocycles. The lowest BCUT2D eigenvalue weighted by atomic mass is 10.0. The molecule has 1 saturated heterocycles. The smallest absolute Gasteiger partial charge is 0.307 e. The molecule has 0 bridgehead atoms. The summed E-state index contributed by atoms with van der Waals surface area (Å²) in [5, 5.41) is 12.6. The molecular weight excluding hydrogens is 264 g/mol. The van der Waals surface area contributed by atoms with Gasteiger partial charge in [0, 0.05) is 12.6 Å². The second-order valence-corrected chi connectivity index (χ2v) is 5.84. The fourth-order valence-corrected chi connectivity index (χ4v) is 3.00. The maximum Gasteiger partial charge on any atom is 0.307 e. The average Bonchev–Trinajstić information content (AvgIpc) is 2.48. The van der Waals surface area contributed by atoms with Gasteiger partial charge < -0.3 is 15.3 Å². The molecule has 0 radical (unpaired) electrons. The molecule has 0 unspecified atom stereocenters. The van der Waals surface area contributed by atoms with E-state index < -0.39 is 5.97 Å². The number of nitrogens with one attached hydrogen (secondary N) is 1. The van der Waals surface area contributed by atoms with Crippen molar-refractivity contribution in [2.45, 2.75) is 45.2 Å². The van der Waals surface area contributed by atoms with Crippen LogP contribution in [0.1, 0.15) is 37.3 Å². The minimum Gasteiger partial charge on any atom is -0.481 e. The Bertz CT molecular complexity index is 454. The summed E-state index contributed by atoms with van der Waals surface area (Å²) in [4.78, 5) is 13.4. The van der Waals surface area contributed by atoms with Crippen molar-refractivity contribution in [2.24, 2.45) is 0 Å². The van der Waals surface area contributed by atoms with E-state index >= 15 is 0 Å². The van der Waals surface area contributed by atoms with E-state index in [1.54, 1.807) is 0 Å². The number of nitrogens with zero attached hydrogens (tertiary/aromatic N) is 1. The van der Waals surface area contributed by atoms with Crippen LogP contribution in [0.2, 0.25) is 0 Å². The number of rotatable bonds is 7. The van der Waals surface area contributed by atoms with E-state index in [2.05, 4.69) is 17.1 Å². The van der Waals surface area contributed by atoms with Crippen LogP contribution in [0.4, 0.5) is 0 Å². The molecule has 0 saturated carbocycles. The molecule has 1 heterocycles. The predicted octanol–water partition coefficient (Wildman–Crippen LogP) is 2.28. The third kappa shape index (κ3) is 5.14. The lowest BCUT2D eigenvalue weighted by Gasteiger charge is -2.32. The molecule has 1 aromatic rings. The van der Waals surface area contributed by atoms with Gasteiger partial charge in [-0.3, -0.25) is 4.79 Å². The summed E-state index contributed by atoms with van der Waals surface area (Å²) in [6.45, 7) is 6.53. The van der Waals surface area contributed by atoms with Crippen molar-refractivity contribution >= 4 is 5.97 Å². The SMILES string of the molecule is CCCN1CCC(NCc2ccccc2CC(=O)O)CC1. The predicted molar refractivity (Wildman–Crippen MR) is 84.4 cm³/mol. The molecule has 2 N–H and O–H groups in total. The van der Waals surface area contributed by atoms with Crippen LogP contribution >= 0.6 is 0 Å². The number of likely N-dealkylation sites (tertiary alicyclic amines) is 1. The van der Waals surface area contributed by atoms with E-state index in [1.807, 2.05) is 24.3 Å². The van der Waals surface area contributed by atoms with Crippen LogP contribution in [0, 0.1) is 0 Å². The molecule has 0 atom stereocenters. The average molecular weight is 290 g/mol. The van der Waals surface area contributed by atoms with Gasteiger partial charge in [0.2, 0.25) is 0 Å². The van der Waals surface area contributed by atoms with Gasteiger partial charge in [-0.15, -0.1) is 0 Å². The lowest BCUT2D eigenvalue weighted by molar-refractivity contribution is -0.136. The minimum atomic E-state index is -0.768. The Kier molecular flexibility index (Phi) is 6.21. The summed E-state index contributed by atoms with van der Waals surface area (Å²) >= 11 is 0. The number of carboxylic acid groups (broad SMARTS) is 1. The van der Waals surface area contributed by atoms with Gasteiger partial charge in [-0.05, 0) is 50.0 Å². The first kappa shape index (κ1) is 16.0. The lowest BCUT2D eigenvalue weighted by Crippen LogP contribution is -2.42. The van der Waals surface area contributed by atoms with Crippen molar-refractivity contribution in [3.8, 4) is 0 Å². The molecule has 4 nitrogen and oxygen atoms in total. The van der Waals surface area contributed by atoms with Crippen LogP contribution in [-0.2, 0) is 17.8 Å². The van der Waals surface area contributed by atoms with Crippen molar-refractivity contribution in [1.29, 1.82) is 0 Å². The van der Waals surface area contributed by atoms with Gasteiger partial charge in [-0.25, -0.2) is 0 Å². The Hall–Kier alpha value is -1.39. The van der Waals surface area contributed by atoms with Crippen molar-refractivity contribution in [2.75, 3.05) is 19.6 Å². The van der Waals surface area contributed by atoms with E-state index in [0.29, 0.717) is 6.04 Å². The monoisotopic (exact) mass is 290 g/mol. The third-order valence-corrected chi connectivity index (χ3v) is 4.17. The van der Waals surface area contributed by atoms with E-state index in [1.165, 1.54) is 38.9 Å². The summed E-state index contributed by atoms with van der Waals surface area (Å²) in [7, 11) is 0. The van der Waals surface area contributed by atoms with Crippen LogP contribution in [-0.4, -0.2) is 41.7 Å². The van der Waals surface area contributed by atoms with Crippen LogP contribution < -0.4 is 5.32 Å². The highest BCUT2D eigenvalue weighted by molar-refractivity contribution is 5.70. The number of benzene rings is 1. The summed E-state index contributed by atoms with van der Waals surface area (Å²) in [6, 6.07) is 8.37. The molecule has 1 fully saturated rings. The molecule has 4 heteroatoms. The Labute approximate surface area is 127 Å². The van der Waals surface area contributed by atoms with Gasteiger partial charge in [-0.1, -0.05) is 31.2 Å². The van der Waals surface area contributed by atoms with Gasteiger partial charge in [-0.2, -0.15) is 0 Å². The number of aliphatic carboxylic acids is 1. The second kappa shape index (κ2) is 8.15. The molecule has 1 aliphatic rings. The summed E-state index contributed by atoms with van der Waals surface area (Å²) < 4.78 is 0. The highest BCUT2D eigenvalue weighted by atomic mass is 16.4. The van der Waals surface area contributed by atoms with E-state index in [9.17, 15) is 4.79 Å². The van der Waals surface area contributed by atoms with Crippen LogP contribution in [0.25, 0.3) is 0 Å². The van der Waals surface area contributed by atoms with Gasteiger partial charge in [0.15, 0.2) is 0 Å². The van der Waals surface area contributed by atoms with Gasteiger partial charge in [0.25, 0.3) is 0 Å². The quantitative estimate of drug-likeness (QED) is 0.809. The zero-order valence-corrected chi connectivity index (χ0v) is 12.8. The molecular formula is C17H26N2O2.